The van der Waals surface area contributed by atoms with Crippen LogP contribution in [0.3, 0.4) is 0 Å². The predicted octanol–water partition coefficient (Wildman–Crippen LogP) is 7.42. The number of hydrogen-bond donors (Lipinski definition) is 2. The number of rotatable bonds is 7. The number of carboxylic acids is 1. The molecule has 2 aromatic heterocycles. The average Bonchev–Trinajstić information content (AvgIpc) is 3.27. The third kappa shape index (κ3) is 4.09. The molecule has 0 aliphatic heterocycles. The van der Waals surface area contributed by atoms with Gasteiger partial charge in [-0.2, -0.15) is 0 Å². The van der Waals surface area contributed by atoms with E-state index in [9.17, 15) is 19.4 Å². The van der Waals surface area contributed by atoms with Gasteiger partial charge in [0.1, 0.15) is 27.6 Å². The maximum Gasteiger partial charge on any atom is 0.335 e. The lowest BCUT2D eigenvalue weighted by molar-refractivity contribution is -0.0728. The van der Waals surface area contributed by atoms with E-state index >= 15 is 0 Å². The van der Waals surface area contributed by atoms with E-state index in [0.717, 1.165) is 41.6 Å². The van der Waals surface area contributed by atoms with Crippen LogP contribution in [0.1, 0.15) is 65.2 Å². The number of fused-ring (bicyclic) bond motifs is 3. The van der Waals surface area contributed by atoms with Crippen molar-refractivity contribution < 1.29 is 28.7 Å². The summed E-state index contributed by atoms with van der Waals surface area (Å²) in [5, 5.41) is 26.9. The highest BCUT2D eigenvalue weighted by Gasteiger charge is 2.61. The summed E-state index contributed by atoms with van der Waals surface area (Å²) >= 11 is 14.2. The zero-order chi connectivity index (χ0) is 27.9. The fourth-order valence-corrected chi connectivity index (χ4v) is 8.47. The molecule has 2 aromatic carbocycles. The maximum atomic E-state index is 14.6. The molecule has 2 heterocycles. The van der Waals surface area contributed by atoms with Crippen molar-refractivity contribution in [3.8, 4) is 11.3 Å². The van der Waals surface area contributed by atoms with E-state index in [2.05, 4.69) is 17.1 Å². The van der Waals surface area contributed by atoms with Gasteiger partial charge in [-0.25, -0.2) is 14.2 Å². The summed E-state index contributed by atoms with van der Waals surface area (Å²) in [5.74, 6) is -0.689. The highest BCUT2D eigenvalue weighted by atomic mass is 35.5. The van der Waals surface area contributed by atoms with Crippen LogP contribution < -0.4 is 0 Å². The maximum absolute atomic E-state index is 14.6. The van der Waals surface area contributed by atoms with Gasteiger partial charge < -0.3 is 19.5 Å². The molecule has 4 aromatic rings. The Labute approximate surface area is 242 Å². The number of carboxylic acid groups (broad SMARTS) is 1. The van der Waals surface area contributed by atoms with Crippen LogP contribution in [-0.4, -0.2) is 32.4 Å². The van der Waals surface area contributed by atoms with E-state index < -0.39 is 17.4 Å². The summed E-state index contributed by atoms with van der Waals surface area (Å²) in [6.45, 7) is 2.40. The quantitative estimate of drug-likeness (QED) is 0.226. The van der Waals surface area contributed by atoms with Crippen LogP contribution in [0.15, 0.2) is 34.9 Å². The number of nitrogens with zero attached hydrogens (tertiary/aromatic N) is 2. The summed E-state index contributed by atoms with van der Waals surface area (Å²) in [6, 6.07) is 7.71. The molecule has 208 valence electrons. The molecule has 40 heavy (non-hydrogen) atoms. The van der Waals surface area contributed by atoms with E-state index in [4.69, 9.17) is 32.5 Å². The Morgan fingerprint density at radius 1 is 1.27 bits per heavy atom. The Morgan fingerprint density at radius 3 is 2.67 bits per heavy atom. The normalized spacial score (nSPS) is 27.6. The molecule has 2 N–H and O–H groups in total. The minimum atomic E-state index is -1.23. The van der Waals surface area contributed by atoms with Crippen molar-refractivity contribution in [1.82, 2.24) is 10.1 Å². The average molecular weight is 603 g/mol. The first-order valence-corrected chi connectivity index (χ1v) is 14.8. The van der Waals surface area contributed by atoms with E-state index in [0.29, 0.717) is 49.8 Å². The lowest BCUT2D eigenvalue weighted by Gasteiger charge is -2.34. The lowest BCUT2D eigenvalue weighted by Crippen LogP contribution is -2.37. The zero-order valence-electron chi connectivity index (χ0n) is 21.4. The van der Waals surface area contributed by atoms with Crippen LogP contribution >= 0.6 is 34.5 Å². The first-order valence-electron chi connectivity index (χ1n) is 13.3. The van der Waals surface area contributed by atoms with Gasteiger partial charge in [-0.1, -0.05) is 41.3 Å². The van der Waals surface area contributed by atoms with Gasteiger partial charge in [0.2, 0.25) is 0 Å². The zero-order valence-corrected chi connectivity index (χ0v) is 23.7. The second kappa shape index (κ2) is 9.49. The summed E-state index contributed by atoms with van der Waals surface area (Å²) in [6.07, 6.45) is 3.02. The van der Waals surface area contributed by atoms with Gasteiger partial charge in [0.25, 0.3) is 0 Å². The van der Waals surface area contributed by atoms with Crippen LogP contribution in [0, 0.1) is 23.6 Å². The fourth-order valence-electron chi connectivity index (χ4n) is 6.71. The number of hydrogen-bond acceptors (Lipinski definition) is 7. The second-order valence-electron chi connectivity index (χ2n) is 11.2. The largest absolute Gasteiger partial charge is 0.478 e. The molecule has 3 aliphatic rings. The van der Waals surface area contributed by atoms with Crippen molar-refractivity contribution in [3.05, 3.63) is 68.1 Å². The van der Waals surface area contributed by atoms with Crippen molar-refractivity contribution in [2.75, 3.05) is 0 Å². The molecule has 2 bridgehead atoms. The molecule has 7 nitrogen and oxygen atoms in total. The Kier molecular flexibility index (Phi) is 6.25. The molecular formula is C29H25Cl2FN2O5S. The number of ether oxygens (including phenoxy) is 1. The Bertz CT molecular complexity index is 1650. The fraction of sp³-hybridized carbons (Fsp3) is 0.414. The van der Waals surface area contributed by atoms with Gasteiger partial charge in [-0.05, 0) is 67.7 Å². The van der Waals surface area contributed by atoms with Crippen LogP contribution in [0.4, 0.5) is 4.39 Å². The molecule has 0 radical (unpaired) electrons. The molecule has 3 aliphatic carbocycles. The van der Waals surface area contributed by atoms with Crippen LogP contribution in [0.25, 0.3) is 21.5 Å². The summed E-state index contributed by atoms with van der Waals surface area (Å²) in [5.41, 5.74) is 0.813. The van der Waals surface area contributed by atoms with Gasteiger partial charge in [0.15, 0.2) is 5.82 Å². The van der Waals surface area contributed by atoms with Gasteiger partial charge in [-0.15, -0.1) is 11.3 Å². The Morgan fingerprint density at radius 2 is 2.02 bits per heavy atom. The SMILES string of the molecule is C[C@H]1C2C[C@@](O)(c3nc4c(F)cc(C(=O)O)cc4s3)C1CC2OCc1c(-c2c(Cl)cccc2Cl)noc1C1CC1. The monoisotopic (exact) mass is 602 g/mol. The Balaban J connectivity index is 1.14. The molecule has 0 spiro atoms. The minimum absolute atomic E-state index is 0.0676. The topological polar surface area (TPSA) is 106 Å². The standard InChI is InChI=1S/C29H25Cl2FN2O5S/c1-12-15-10-29(37,28-33-25-20(32)7-14(27(35)36)8-22(25)40-28)17(12)9-21(15)38-11-16-24(34-39-26(16)13-5-6-13)23-18(30)3-2-4-19(23)31/h2-4,7-8,12-13,15,17,21,37H,5-6,9-11H2,1H3,(H,35,36)/t12-,15?,17?,21?,29-/m0/s1. The van der Waals surface area contributed by atoms with E-state index in [1.54, 1.807) is 18.2 Å². The molecular weight excluding hydrogens is 578 g/mol. The second-order valence-corrected chi connectivity index (χ2v) is 13.1. The Hall–Kier alpha value is -2.56. The number of carbonyl (C=O) groups is 1. The van der Waals surface area contributed by atoms with Crippen molar-refractivity contribution in [2.24, 2.45) is 17.8 Å². The summed E-state index contributed by atoms with van der Waals surface area (Å²) < 4.78 is 27.3. The number of halogens is 3. The highest BCUT2D eigenvalue weighted by molar-refractivity contribution is 7.18. The number of aromatic nitrogens is 2. The predicted molar refractivity (Wildman–Crippen MR) is 148 cm³/mol. The third-order valence-corrected chi connectivity index (χ3v) is 10.7. The number of benzene rings is 2. The molecule has 0 amide bonds. The number of aromatic carboxylic acids is 1. The third-order valence-electron chi connectivity index (χ3n) is 8.91. The highest BCUT2D eigenvalue weighted by Crippen LogP contribution is 2.60. The molecule has 7 rings (SSSR count). The minimum Gasteiger partial charge on any atom is -0.478 e. The van der Waals surface area contributed by atoms with E-state index in [1.807, 2.05) is 0 Å². The number of thiazole rings is 1. The van der Waals surface area contributed by atoms with Crippen molar-refractivity contribution in [3.63, 3.8) is 0 Å². The van der Waals surface area contributed by atoms with E-state index in [1.165, 1.54) is 6.07 Å². The van der Waals surface area contributed by atoms with Crippen molar-refractivity contribution in [2.45, 2.75) is 56.8 Å². The van der Waals surface area contributed by atoms with Crippen molar-refractivity contribution >= 4 is 50.7 Å². The van der Waals surface area contributed by atoms with Crippen LogP contribution in [-0.2, 0) is 16.9 Å². The molecule has 3 unspecified atom stereocenters. The first-order chi connectivity index (χ1) is 19.2. The molecule has 3 fully saturated rings. The van der Waals surface area contributed by atoms with Gasteiger partial charge in [0, 0.05) is 17.0 Å². The molecule has 3 saturated carbocycles. The lowest BCUT2D eigenvalue weighted by atomic mass is 9.83. The van der Waals surface area contributed by atoms with Crippen molar-refractivity contribution in [1.29, 1.82) is 0 Å². The molecule has 0 saturated heterocycles. The van der Waals surface area contributed by atoms with Crippen LogP contribution in [0.5, 0.6) is 0 Å². The first kappa shape index (κ1) is 26.3. The van der Waals surface area contributed by atoms with Crippen LogP contribution in [0.2, 0.25) is 10.0 Å². The summed E-state index contributed by atoms with van der Waals surface area (Å²) in [4.78, 5) is 15.8. The summed E-state index contributed by atoms with van der Waals surface area (Å²) in [7, 11) is 0. The van der Waals surface area contributed by atoms with Gasteiger partial charge in [-0.3, -0.25) is 0 Å². The smallest absolute Gasteiger partial charge is 0.335 e. The van der Waals surface area contributed by atoms with E-state index in [-0.39, 0.29) is 41.5 Å². The molecule has 11 heteroatoms. The number of aliphatic hydroxyl groups is 1. The molecule has 5 atom stereocenters. The van der Waals surface area contributed by atoms with Gasteiger partial charge >= 0.3 is 5.97 Å². The van der Waals surface area contributed by atoms with Gasteiger partial charge in [0.05, 0.1) is 33.0 Å².